The van der Waals surface area contributed by atoms with E-state index in [-0.39, 0.29) is 25.3 Å². The Bertz CT molecular complexity index is 491. The normalized spacial score (nSPS) is 10.3. The molecular formula is C12H16N2O6. The lowest BCUT2D eigenvalue weighted by Crippen LogP contribution is -2.36. The first-order valence-corrected chi connectivity index (χ1v) is 5.87. The van der Waals surface area contributed by atoms with Crippen LogP contribution in [-0.4, -0.2) is 59.4 Å². The van der Waals surface area contributed by atoms with E-state index in [1.807, 2.05) is 0 Å². The van der Waals surface area contributed by atoms with Crippen LogP contribution >= 0.6 is 0 Å². The number of phenols is 1. The molecule has 0 aliphatic rings. The third-order valence-electron chi connectivity index (χ3n) is 2.64. The number of ether oxygens (including phenoxy) is 1. The van der Waals surface area contributed by atoms with Gasteiger partial charge in [-0.1, -0.05) is 0 Å². The predicted octanol–water partition coefficient (Wildman–Crippen LogP) is 0.381. The molecule has 0 heterocycles. The third-order valence-corrected chi connectivity index (χ3v) is 2.64. The van der Waals surface area contributed by atoms with Gasteiger partial charge in [-0.3, -0.25) is 14.9 Å². The van der Waals surface area contributed by atoms with Crippen LogP contribution in [0.1, 0.15) is 10.4 Å². The summed E-state index contributed by atoms with van der Waals surface area (Å²) < 4.78 is 4.86. The molecule has 8 heteroatoms. The van der Waals surface area contributed by atoms with Crippen molar-refractivity contribution in [3.05, 3.63) is 33.9 Å². The van der Waals surface area contributed by atoms with Crippen LogP contribution in [0.3, 0.4) is 0 Å². The standard InChI is InChI=1S/C12H16N2O6/c1-20-7-5-13(4-6-15)12(17)9-2-3-10(14(18)19)11(16)8-9/h2-3,8,15-16H,4-7H2,1H3. The molecule has 1 rings (SSSR count). The molecule has 1 aromatic rings. The van der Waals surface area contributed by atoms with Gasteiger partial charge < -0.3 is 19.8 Å². The van der Waals surface area contributed by atoms with Crippen molar-refractivity contribution in [2.45, 2.75) is 0 Å². The van der Waals surface area contributed by atoms with E-state index < -0.39 is 22.3 Å². The SMILES string of the molecule is COCCN(CCO)C(=O)c1ccc([N+](=O)[O-])c(O)c1. The zero-order valence-corrected chi connectivity index (χ0v) is 11.0. The molecule has 0 unspecified atom stereocenters. The highest BCUT2D eigenvalue weighted by molar-refractivity contribution is 5.95. The highest BCUT2D eigenvalue weighted by atomic mass is 16.6. The summed E-state index contributed by atoms with van der Waals surface area (Å²) in [6.45, 7) is 0.465. The van der Waals surface area contributed by atoms with E-state index in [0.717, 1.165) is 12.1 Å². The topological polar surface area (TPSA) is 113 Å². The smallest absolute Gasteiger partial charge is 0.310 e. The van der Waals surface area contributed by atoms with Crippen LogP contribution in [0.5, 0.6) is 5.75 Å². The fourth-order valence-corrected chi connectivity index (χ4v) is 1.63. The van der Waals surface area contributed by atoms with Gasteiger partial charge in [-0.15, -0.1) is 0 Å². The third kappa shape index (κ3) is 3.90. The summed E-state index contributed by atoms with van der Waals surface area (Å²) in [6.07, 6.45) is 0. The van der Waals surface area contributed by atoms with Crippen molar-refractivity contribution >= 4 is 11.6 Å². The van der Waals surface area contributed by atoms with Crippen LogP contribution < -0.4 is 0 Å². The average Bonchev–Trinajstić information content (AvgIpc) is 2.42. The maximum Gasteiger partial charge on any atom is 0.310 e. The maximum absolute atomic E-state index is 12.2. The van der Waals surface area contributed by atoms with E-state index in [1.165, 1.54) is 18.1 Å². The Morgan fingerprint density at radius 2 is 2.15 bits per heavy atom. The van der Waals surface area contributed by atoms with Crippen LogP contribution in [0, 0.1) is 10.1 Å². The molecule has 0 aromatic heterocycles. The molecule has 2 N–H and O–H groups in total. The molecule has 0 radical (unpaired) electrons. The van der Waals surface area contributed by atoms with Gasteiger partial charge in [-0.05, 0) is 12.1 Å². The minimum atomic E-state index is -0.736. The van der Waals surface area contributed by atoms with Gasteiger partial charge >= 0.3 is 5.69 Å². The van der Waals surface area contributed by atoms with Crippen molar-refractivity contribution in [3.63, 3.8) is 0 Å². The van der Waals surface area contributed by atoms with Gasteiger partial charge in [0, 0.05) is 31.8 Å². The number of phenolic OH excluding ortho intramolecular Hbond substituents is 1. The summed E-state index contributed by atoms with van der Waals surface area (Å²) in [5.74, 6) is -1.02. The molecule has 0 bridgehead atoms. The summed E-state index contributed by atoms with van der Waals surface area (Å²) in [5.41, 5.74) is -0.357. The Morgan fingerprint density at radius 1 is 1.45 bits per heavy atom. The van der Waals surface area contributed by atoms with E-state index in [9.17, 15) is 20.0 Å². The van der Waals surface area contributed by atoms with Gasteiger partial charge in [-0.2, -0.15) is 0 Å². The van der Waals surface area contributed by atoms with Crippen molar-refractivity contribution in [1.82, 2.24) is 4.90 Å². The van der Waals surface area contributed by atoms with Gasteiger partial charge in [0.2, 0.25) is 0 Å². The van der Waals surface area contributed by atoms with E-state index in [2.05, 4.69) is 0 Å². The molecule has 0 atom stereocenters. The highest BCUT2D eigenvalue weighted by Gasteiger charge is 2.19. The van der Waals surface area contributed by atoms with E-state index in [4.69, 9.17) is 9.84 Å². The van der Waals surface area contributed by atoms with Crippen molar-refractivity contribution < 1.29 is 24.7 Å². The second-order valence-electron chi connectivity index (χ2n) is 3.97. The maximum atomic E-state index is 12.2. The molecule has 110 valence electrons. The largest absolute Gasteiger partial charge is 0.502 e. The molecule has 20 heavy (non-hydrogen) atoms. The molecule has 0 aliphatic heterocycles. The number of amides is 1. The molecule has 0 aliphatic carbocycles. The van der Waals surface area contributed by atoms with Crippen LogP contribution in [0.2, 0.25) is 0 Å². The van der Waals surface area contributed by atoms with Crippen LogP contribution in [0.25, 0.3) is 0 Å². The highest BCUT2D eigenvalue weighted by Crippen LogP contribution is 2.26. The number of aromatic hydroxyl groups is 1. The number of methoxy groups -OCH3 is 1. The van der Waals surface area contributed by atoms with Gasteiger partial charge in [0.1, 0.15) is 0 Å². The minimum Gasteiger partial charge on any atom is -0.502 e. The second-order valence-corrected chi connectivity index (χ2v) is 3.97. The Labute approximate surface area is 115 Å². The lowest BCUT2D eigenvalue weighted by Gasteiger charge is -2.21. The number of aliphatic hydroxyl groups excluding tert-OH is 1. The Balaban J connectivity index is 2.94. The zero-order chi connectivity index (χ0) is 15.1. The molecule has 8 nitrogen and oxygen atoms in total. The fraction of sp³-hybridized carbons (Fsp3) is 0.417. The molecule has 0 saturated heterocycles. The number of hydrogen-bond donors (Lipinski definition) is 2. The first-order valence-electron chi connectivity index (χ1n) is 5.87. The number of nitro groups is 1. The van der Waals surface area contributed by atoms with Crippen molar-refractivity contribution in [1.29, 1.82) is 0 Å². The second kappa shape index (κ2) is 7.41. The Hall–Kier alpha value is -2.19. The fourth-order valence-electron chi connectivity index (χ4n) is 1.63. The monoisotopic (exact) mass is 284 g/mol. The average molecular weight is 284 g/mol. The Morgan fingerprint density at radius 3 is 2.65 bits per heavy atom. The van der Waals surface area contributed by atoms with Crippen molar-refractivity contribution in [2.75, 3.05) is 33.4 Å². The van der Waals surface area contributed by atoms with Crippen LogP contribution in [-0.2, 0) is 4.74 Å². The summed E-state index contributed by atoms with van der Waals surface area (Å²) in [7, 11) is 1.49. The number of nitrogens with zero attached hydrogens (tertiary/aromatic N) is 2. The number of nitro benzene ring substituents is 1. The molecule has 0 fully saturated rings. The molecule has 1 aromatic carbocycles. The van der Waals surface area contributed by atoms with Gasteiger partial charge in [0.25, 0.3) is 5.91 Å². The summed E-state index contributed by atoms with van der Waals surface area (Å²) in [6, 6.07) is 3.37. The number of carbonyl (C=O) groups excluding carboxylic acids is 1. The number of hydrogen-bond acceptors (Lipinski definition) is 6. The first-order chi connectivity index (χ1) is 9.51. The number of benzene rings is 1. The van der Waals surface area contributed by atoms with Gasteiger partial charge in [0.05, 0.1) is 18.1 Å². The summed E-state index contributed by atoms with van der Waals surface area (Å²) in [4.78, 5) is 23.3. The van der Waals surface area contributed by atoms with Gasteiger partial charge in [-0.25, -0.2) is 0 Å². The minimum absolute atomic E-state index is 0.109. The first kappa shape index (κ1) is 15.9. The number of rotatable bonds is 7. The van der Waals surface area contributed by atoms with Crippen LogP contribution in [0.4, 0.5) is 5.69 Å². The van der Waals surface area contributed by atoms with Crippen molar-refractivity contribution in [2.24, 2.45) is 0 Å². The lowest BCUT2D eigenvalue weighted by atomic mass is 10.1. The zero-order valence-electron chi connectivity index (χ0n) is 11.0. The predicted molar refractivity (Wildman–Crippen MR) is 69.6 cm³/mol. The number of aliphatic hydroxyl groups is 1. The molecule has 0 spiro atoms. The molecular weight excluding hydrogens is 268 g/mol. The number of carbonyl (C=O) groups is 1. The van der Waals surface area contributed by atoms with Crippen molar-refractivity contribution in [3.8, 4) is 5.75 Å². The quantitative estimate of drug-likeness (QED) is 0.553. The summed E-state index contributed by atoms with van der Waals surface area (Å²) >= 11 is 0. The van der Waals surface area contributed by atoms with Crippen LogP contribution in [0.15, 0.2) is 18.2 Å². The lowest BCUT2D eigenvalue weighted by molar-refractivity contribution is -0.385. The van der Waals surface area contributed by atoms with E-state index >= 15 is 0 Å². The molecule has 1 amide bonds. The van der Waals surface area contributed by atoms with Gasteiger partial charge in [0.15, 0.2) is 5.75 Å². The summed E-state index contributed by atoms with van der Waals surface area (Å²) in [5, 5.41) is 29.0. The van der Waals surface area contributed by atoms with E-state index in [1.54, 1.807) is 0 Å². The Kier molecular flexibility index (Phi) is 5.88. The molecule has 0 saturated carbocycles. The van der Waals surface area contributed by atoms with E-state index in [0.29, 0.717) is 6.61 Å².